The molecule has 0 aliphatic rings. The maximum absolute atomic E-state index is 9.49. The Hall–Kier alpha value is -2.30. The van der Waals surface area contributed by atoms with Gasteiger partial charge in [0.05, 0.1) is 14.2 Å². The van der Waals surface area contributed by atoms with E-state index in [9.17, 15) is 5.11 Å². The molecule has 0 aliphatic carbocycles. The minimum absolute atomic E-state index is 0.209. The molecule has 0 bridgehead atoms. The van der Waals surface area contributed by atoms with Gasteiger partial charge in [-0.3, -0.25) is 0 Å². The van der Waals surface area contributed by atoms with Gasteiger partial charge in [-0.15, -0.1) is 0 Å². The number of ether oxygens (including phenoxy) is 2. The summed E-state index contributed by atoms with van der Waals surface area (Å²) in [6, 6.07) is 5.33. The third kappa shape index (κ3) is 2.68. The summed E-state index contributed by atoms with van der Waals surface area (Å²) in [5.74, 6) is 0.934. The number of phenols is 1. The summed E-state index contributed by atoms with van der Waals surface area (Å²) < 4.78 is 10.1. The van der Waals surface area contributed by atoms with Crippen LogP contribution in [0.1, 0.15) is 11.1 Å². The van der Waals surface area contributed by atoms with Crippen LogP contribution in [0.2, 0.25) is 0 Å². The lowest BCUT2D eigenvalue weighted by Crippen LogP contribution is -1.97. The monoisotopic (exact) mass is 246 g/mol. The lowest BCUT2D eigenvalue weighted by molar-refractivity contribution is 0.379. The Bertz CT molecular complexity index is 526. The van der Waals surface area contributed by atoms with Gasteiger partial charge in [0.2, 0.25) is 0 Å². The number of rotatable bonds is 4. The average molecular weight is 246 g/mol. The number of methoxy groups -OCH3 is 2. The smallest absolute Gasteiger partial charge is 0.316 e. The van der Waals surface area contributed by atoms with Crippen molar-refractivity contribution < 1.29 is 14.6 Å². The quantitative estimate of drug-likeness (QED) is 0.891. The standard InChI is InChI=1S/C13H14N2O3/c1-17-12-4-3-11(16)6-10(12)5-9-7-14-13(18-2)15-8-9/h3-4,6-8,16H,5H2,1-2H3. The van der Waals surface area contributed by atoms with Crippen LogP contribution in [0.3, 0.4) is 0 Å². The molecule has 0 fully saturated rings. The fourth-order valence-corrected chi connectivity index (χ4v) is 1.66. The van der Waals surface area contributed by atoms with Crippen molar-refractivity contribution in [1.82, 2.24) is 9.97 Å². The van der Waals surface area contributed by atoms with E-state index in [1.165, 1.54) is 7.11 Å². The molecule has 0 unspecified atom stereocenters. The number of phenolic OH excluding ortho intramolecular Hbond substituents is 1. The molecule has 1 heterocycles. The second-order valence-electron chi connectivity index (χ2n) is 3.75. The highest BCUT2D eigenvalue weighted by atomic mass is 16.5. The van der Waals surface area contributed by atoms with Gasteiger partial charge >= 0.3 is 6.01 Å². The van der Waals surface area contributed by atoms with E-state index in [-0.39, 0.29) is 5.75 Å². The molecule has 0 amide bonds. The third-order valence-corrected chi connectivity index (χ3v) is 2.52. The highest BCUT2D eigenvalue weighted by Crippen LogP contribution is 2.25. The van der Waals surface area contributed by atoms with Gasteiger partial charge in [0.15, 0.2) is 0 Å². The first-order chi connectivity index (χ1) is 8.72. The molecule has 94 valence electrons. The number of benzene rings is 1. The summed E-state index contributed by atoms with van der Waals surface area (Å²) in [5.41, 5.74) is 1.80. The lowest BCUT2D eigenvalue weighted by Gasteiger charge is -2.08. The van der Waals surface area contributed by atoms with Crippen molar-refractivity contribution in [2.45, 2.75) is 6.42 Å². The van der Waals surface area contributed by atoms with Crippen LogP contribution in [0.4, 0.5) is 0 Å². The van der Waals surface area contributed by atoms with Crippen molar-refractivity contribution in [1.29, 1.82) is 0 Å². The van der Waals surface area contributed by atoms with E-state index in [1.807, 2.05) is 0 Å². The van der Waals surface area contributed by atoms with E-state index in [0.717, 1.165) is 16.9 Å². The molecule has 18 heavy (non-hydrogen) atoms. The van der Waals surface area contributed by atoms with Crippen LogP contribution in [0.5, 0.6) is 17.5 Å². The van der Waals surface area contributed by atoms with Gasteiger partial charge in [-0.05, 0) is 23.8 Å². The zero-order chi connectivity index (χ0) is 13.0. The van der Waals surface area contributed by atoms with E-state index in [4.69, 9.17) is 9.47 Å². The van der Waals surface area contributed by atoms with Crippen LogP contribution in [0, 0.1) is 0 Å². The van der Waals surface area contributed by atoms with Gasteiger partial charge in [0.1, 0.15) is 11.5 Å². The van der Waals surface area contributed by atoms with Gasteiger partial charge in [0, 0.05) is 24.4 Å². The summed E-state index contributed by atoms with van der Waals surface area (Å²) >= 11 is 0. The highest BCUT2D eigenvalue weighted by Gasteiger charge is 2.06. The van der Waals surface area contributed by atoms with Gasteiger partial charge in [-0.25, -0.2) is 9.97 Å². The van der Waals surface area contributed by atoms with Crippen molar-refractivity contribution in [2.75, 3.05) is 14.2 Å². The van der Waals surface area contributed by atoms with Crippen LogP contribution in [0.15, 0.2) is 30.6 Å². The normalized spacial score (nSPS) is 10.1. The molecule has 1 aromatic carbocycles. The fraction of sp³-hybridized carbons (Fsp3) is 0.231. The van der Waals surface area contributed by atoms with Crippen molar-refractivity contribution in [3.63, 3.8) is 0 Å². The Morgan fingerprint density at radius 1 is 1.11 bits per heavy atom. The topological polar surface area (TPSA) is 64.5 Å². The second kappa shape index (κ2) is 5.35. The molecule has 0 saturated carbocycles. The molecule has 2 rings (SSSR count). The summed E-state index contributed by atoms with van der Waals surface area (Å²) in [6.45, 7) is 0. The SMILES string of the molecule is COc1ncc(Cc2cc(O)ccc2OC)cn1. The third-order valence-electron chi connectivity index (χ3n) is 2.52. The van der Waals surface area contributed by atoms with E-state index in [2.05, 4.69) is 9.97 Å². The van der Waals surface area contributed by atoms with Gasteiger partial charge in [-0.1, -0.05) is 0 Å². The number of hydrogen-bond acceptors (Lipinski definition) is 5. The van der Waals surface area contributed by atoms with Crippen LogP contribution in [-0.4, -0.2) is 29.3 Å². The predicted molar refractivity (Wildman–Crippen MR) is 66.0 cm³/mol. The van der Waals surface area contributed by atoms with Gasteiger partial charge in [0.25, 0.3) is 0 Å². The Balaban J connectivity index is 2.24. The molecule has 0 saturated heterocycles. The molecular formula is C13H14N2O3. The molecule has 0 aliphatic heterocycles. The zero-order valence-electron chi connectivity index (χ0n) is 10.3. The van der Waals surface area contributed by atoms with E-state index in [0.29, 0.717) is 12.4 Å². The molecule has 0 spiro atoms. The zero-order valence-corrected chi connectivity index (χ0v) is 10.3. The van der Waals surface area contributed by atoms with Gasteiger partial charge in [-0.2, -0.15) is 0 Å². The van der Waals surface area contributed by atoms with Crippen LogP contribution in [0.25, 0.3) is 0 Å². The van der Waals surface area contributed by atoms with Crippen molar-refractivity contribution in [2.24, 2.45) is 0 Å². The Morgan fingerprint density at radius 3 is 2.44 bits per heavy atom. The molecule has 1 aromatic heterocycles. The molecule has 5 heteroatoms. The number of aromatic hydroxyl groups is 1. The number of aromatic nitrogens is 2. The first-order valence-electron chi connectivity index (χ1n) is 5.43. The second-order valence-corrected chi connectivity index (χ2v) is 3.75. The van der Waals surface area contributed by atoms with E-state index >= 15 is 0 Å². The van der Waals surface area contributed by atoms with Gasteiger partial charge < -0.3 is 14.6 Å². The molecule has 0 atom stereocenters. The molecule has 2 aromatic rings. The number of hydrogen-bond donors (Lipinski definition) is 1. The largest absolute Gasteiger partial charge is 0.508 e. The van der Waals surface area contributed by atoms with Crippen molar-refractivity contribution in [3.05, 3.63) is 41.7 Å². The maximum Gasteiger partial charge on any atom is 0.316 e. The highest BCUT2D eigenvalue weighted by molar-refractivity contribution is 5.41. The number of nitrogens with zero attached hydrogens (tertiary/aromatic N) is 2. The van der Waals surface area contributed by atoms with E-state index < -0.39 is 0 Å². The summed E-state index contributed by atoms with van der Waals surface area (Å²) in [7, 11) is 3.12. The average Bonchev–Trinajstić information content (AvgIpc) is 2.40. The Labute approximate surface area is 105 Å². The summed E-state index contributed by atoms with van der Waals surface area (Å²) in [4.78, 5) is 8.07. The van der Waals surface area contributed by atoms with Crippen molar-refractivity contribution in [3.8, 4) is 17.5 Å². The molecule has 5 nitrogen and oxygen atoms in total. The molecule has 1 N–H and O–H groups in total. The first-order valence-corrected chi connectivity index (χ1v) is 5.43. The first kappa shape index (κ1) is 12.2. The van der Waals surface area contributed by atoms with Crippen molar-refractivity contribution >= 4 is 0 Å². The van der Waals surface area contributed by atoms with Crippen LogP contribution >= 0.6 is 0 Å². The lowest BCUT2D eigenvalue weighted by atomic mass is 10.1. The van der Waals surface area contributed by atoms with Crippen LogP contribution < -0.4 is 9.47 Å². The maximum atomic E-state index is 9.49. The molecule has 0 radical (unpaired) electrons. The predicted octanol–water partition coefficient (Wildman–Crippen LogP) is 1.79. The minimum atomic E-state index is 0.209. The summed E-state index contributed by atoms with van der Waals surface area (Å²) in [6.07, 6.45) is 3.96. The van der Waals surface area contributed by atoms with E-state index in [1.54, 1.807) is 37.7 Å². The Morgan fingerprint density at radius 2 is 1.83 bits per heavy atom. The Kier molecular flexibility index (Phi) is 3.62. The fourth-order valence-electron chi connectivity index (χ4n) is 1.66. The summed E-state index contributed by atoms with van der Waals surface area (Å²) in [5, 5.41) is 9.49. The minimum Gasteiger partial charge on any atom is -0.508 e. The molecular weight excluding hydrogens is 232 g/mol. The van der Waals surface area contributed by atoms with Crippen LogP contribution in [-0.2, 0) is 6.42 Å².